The molecule has 1 heterocycles. The molecule has 5 nitrogen and oxygen atoms in total. The number of nitrogens with two attached hydrogens (primary N) is 1. The van der Waals surface area contributed by atoms with Gasteiger partial charge in [0.2, 0.25) is 5.91 Å². The van der Waals surface area contributed by atoms with Crippen molar-refractivity contribution in [3.8, 4) is 0 Å². The minimum atomic E-state index is -0.834. The van der Waals surface area contributed by atoms with Crippen LogP contribution in [0.1, 0.15) is 12.8 Å². The van der Waals surface area contributed by atoms with E-state index < -0.39 is 5.54 Å². The molecule has 1 fully saturated rings. The molecular formula is C18H21N3O2. The van der Waals surface area contributed by atoms with Gasteiger partial charge >= 0.3 is 0 Å². The quantitative estimate of drug-likeness (QED) is 0.811. The van der Waals surface area contributed by atoms with Crippen LogP contribution in [0.2, 0.25) is 0 Å². The first-order valence-electron chi connectivity index (χ1n) is 7.76. The molecule has 1 saturated heterocycles. The Morgan fingerprint density at radius 1 is 0.913 bits per heavy atom. The molecule has 0 unspecified atom stereocenters. The number of rotatable bonds is 4. The number of anilines is 3. The highest BCUT2D eigenvalue weighted by molar-refractivity contribution is 5.98. The number of benzene rings is 2. The second kappa shape index (κ2) is 6.81. The van der Waals surface area contributed by atoms with Crippen molar-refractivity contribution in [2.24, 2.45) is 5.73 Å². The predicted molar refractivity (Wildman–Crippen MR) is 91.8 cm³/mol. The maximum Gasteiger partial charge on any atom is 0.244 e. The Labute approximate surface area is 135 Å². The van der Waals surface area contributed by atoms with Gasteiger partial charge in [-0.15, -0.1) is 0 Å². The van der Waals surface area contributed by atoms with E-state index in [1.807, 2.05) is 54.6 Å². The Kier molecular flexibility index (Phi) is 4.60. The van der Waals surface area contributed by atoms with E-state index >= 15 is 0 Å². The van der Waals surface area contributed by atoms with Gasteiger partial charge in [-0.25, -0.2) is 0 Å². The SMILES string of the molecule is NC1(C(=O)Nc2ccc(Nc3ccccc3)cc2)CCOCC1. The van der Waals surface area contributed by atoms with Crippen molar-refractivity contribution in [2.75, 3.05) is 23.8 Å². The number of nitrogens with one attached hydrogen (secondary N) is 2. The molecule has 5 heteroatoms. The zero-order chi connectivity index (χ0) is 16.1. The molecule has 4 N–H and O–H groups in total. The van der Waals surface area contributed by atoms with E-state index in [1.165, 1.54) is 0 Å². The van der Waals surface area contributed by atoms with Crippen LogP contribution in [0.25, 0.3) is 0 Å². The number of hydrogen-bond donors (Lipinski definition) is 3. The molecule has 23 heavy (non-hydrogen) atoms. The van der Waals surface area contributed by atoms with Gasteiger partial charge in [0.05, 0.1) is 0 Å². The molecule has 3 rings (SSSR count). The van der Waals surface area contributed by atoms with Crippen LogP contribution in [0.5, 0.6) is 0 Å². The second-order valence-corrected chi connectivity index (χ2v) is 5.79. The fraction of sp³-hybridized carbons (Fsp3) is 0.278. The molecule has 0 aromatic heterocycles. The molecule has 2 aromatic rings. The number of carbonyl (C=O) groups is 1. The number of hydrogen-bond acceptors (Lipinski definition) is 4. The van der Waals surface area contributed by atoms with Crippen molar-refractivity contribution in [2.45, 2.75) is 18.4 Å². The standard InChI is InChI=1S/C18H21N3O2/c19-18(10-12-23-13-11-18)17(22)21-16-8-6-15(7-9-16)20-14-4-2-1-3-5-14/h1-9,20H,10-13,19H2,(H,21,22). The van der Waals surface area contributed by atoms with Crippen LogP contribution in [-0.4, -0.2) is 24.7 Å². The van der Waals surface area contributed by atoms with E-state index in [2.05, 4.69) is 10.6 Å². The monoisotopic (exact) mass is 311 g/mol. The van der Waals surface area contributed by atoms with Crippen molar-refractivity contribution in [1.29, 1.82) is 0 Å². The number of amides is 1. The summed E-state index contributed by atoms with van der Waals surface area (Å²) in [5.74, 6) is -0.149. The highest BCUT2D eigenvalue weighted by Crippen LogP contribution is 2.22. The van der Waals surface area contributed by atoms with Gasteiger partial charge in [-0.3, -0.25) is 4.79 Å². The summed E-state index contributed by atoms with van der Waals surface area (Å²) in [5, 5.41) is 6.20. The van der Waals surface area contributed by atoms with Crippen molar-refractivity contribution in [3.63, 3.8) is 0 Å². The molecule has 0 bridgehead atoms. The number of ether oxygens (including phenoxy) is 1. The van der Waals surface area contributed by atoms with Gasteiger partial charge in [0.1, 0.15) is 5.54 Å². The van der Waals surface area contributed by atoms with Gasteiger partial charge in [0.15, 0.2) is 0 Å². The first-order valence-corrected chi connectivity index (χ1v) is 7.76. The van der Waals surface area contributed by atoms with E-state index in [1.54, 1.807) is 0 Å². The van der Waals surface area contributed by atoms with Crippen molar-refractivity contribution < 1.29 is 9.53 Å². The summed E-state index contributed by atoms with van der Waals surface area (Å²) >= 11 is 0. The molecule has 0 aliphatic carbocycles. The molecule has 120 valence electrons. The summed E-state index contributed by atoms with van der Waals surface area (Å²) in [6.45, 7) is 1.06. The molecule has 1 amide bonds. The molecule has 0 saturated carbocycles. The minimum absolute atomic E-state index is 0.149. The van der Waals surface area contributed by atoms with Gasteiger partial charge in [-0.1, -0.05) is 18.2 Å². The largest absolute Gasteiger partial charge is 0.381 e. The minimum Gasteiger partial charge on any atom is -0.381 e. The highest BCUT2D eigenvalue weighted by Gasteiger charge is 2.35. The van der Waals surface area contributed by atoms with E-state index in [4.69, 9.17) is 10.5 Å². The lowest BCUT2D eigenvalue weighted by molar-refractivity contribution is -0.124. The van der Waals surface area contributed by atoms with E-state index in [0.717, 1.165) is 17.1 Å². The molecule has 1 aliphatic rings. The van der Waals surface area contributed by atoms with Crippen LogP contribution in [0.15, 0.2) is 54.6 Å². The zero-order valence-electron chi connectivity index (χ0n) is 12.9. The third kappa shape index (κ3) is 3.88. The number of para-hydroxylation sites is 1. The fourth-order valence-corrected chi connectivity index (χ4v) is 2.54. The van der Waals surface area contributed by atoms with Crippen molar-refractivity contribution in [1.82, 2.24) is 0 Å². The van der Waals surface area contributed by atoms with Crippen LogP contribution in [0, 0.1) is 0 Å². The van der Waals surface area contributed by atoms with Gasteiger partial charge in [-0.05, 0) is 49.2 Å². The van der Waals surface area contributed by atoms with Crippen molar-refractivity contribution >= 4 is 23.0 Å². The fourth-order valence-electron chi connectivity index (χ4n) is 2.54. The molecular weight excluding hydrogens is 290 g/mol. The highest BCUT2D eigenvalue weighted by atomic mass is 16.5. The topological polar surface area (TPSA) is 76.4 Å². The summed E-state index contributed by atoms with van der Waals surface area (Å²) in [6, 6.07) is 17.5. The van der Waals surface area contributed by atoms with Crippen LogP contribution in [-0.2, 0) is 9.53 Å². The predicted octanol–water partition coefficient (Wildman–Crippen LogP) is 2.88. The van der Waals surface area contributed by atoms with Crippen LogP contribution >= 0.6 is 0 Å². The maximum atomic E-state index is 12.4. The Bertz CT molecular complexity index is 650. The summed E-state index contributed by atoms with van der Waals surface area (Å²) in [5.41, 5.74) is 8.07. The van der Waals surface area contributed by atoms with Crippen LogP contribution in [0.4, 0.5) is 17.1 Å². The Balaban J connectivity index is 1.62. The van der Waals surface area contributed by atoms with E-state index in [0.29, 0.717) is 26.1 Å². The van der Waals surface area contributed by atoms with E-state index in [9.17, 15) is 4.79 Å². The summed E-state index contributed by atoms with van der Waals surface area (Å²) in [7, 11) is 0. The second-order valence-electron chi connectivity index (χ2n) is 5.79. The lowest BCUT2D eigenvalue weighted by atomic mass is 9.90. The Hall–Kier alpha value is -2.37. The van der Waals surface area contributed by atoms with Gasteiger partial charge < -0.3 is 21.1 Å². The first-order chi connectivity index (χ1) is 11.2. The van der Waals surface area contributed by atoms with Gasteiger partial charge in [-0.2, -0.15) is 0 Å². The maximum absolute atomic E-state index is 12.4. The van der Waals surface area contributed by atoms with E-state index in [-0.39, 0.29) is 5.91 Å². The smallest absolute Gasteiger partial charge is 0.244 e. The number of carbonyl (C=O) groups excluding carboxylic acids is 1. The Morgan fingerprint density at radius 2 is 1.48 bits per heavy atom. The van der Waals surface area contributed by atoms with Crippen molar-refractivity contribution in [3.05, 3.63) is 54.6 Å². The molecule has 1 aliphatic heterocycles. The normalized spacial score (nSPS) is 16.6. The molecule has 2 aromatic carbocycles. The molecule has 0 radical (unpaired) electrons. The van der Waals surface area contributed by atoms with Gasteiger partial charge in [0.25, 0.3) is 0 Å². The summed E-state index contributed by atoms with van der Waals surface area (Å²) in [4.78, 5) is 12.4. The average molecular weight is 311 g/mol. The van der Waals surface area contributed by atoms with Gasteiger partial charge in [0, 0.05) is 30.3 Å². The third-order valence-corrected chi connectivity index (χ3v) is 4.04. The third-order valence-electron chi connectivity index (χ3n) is 4.04. The molecule has 0 spiro atoms. The van der Waals surface area contributed by atoms with Crippen LogP contribution in [0.3, 0.4) is 0 Å². The lowest BCUT2D eigenvalue weighted by Gasteiger charge is -2.31. The van der Waals surface area contributed by atoms with Crippen LogP contribution < -0.4 is 16.4 Å². The summed E-state index contributed by atoms with van der Waals surface area (Å²) in [6.07, 6.45) is 1.10. The Morgan fingerprint density at radius 3 is 2.13 bits per heavy atom. The lowest BCUT2D eigenvalue weighted by Crippen LogP contribution is -2.54. The first kappa shape index (κ1) is 15.5. The average Bonchev–Trinajstić information content (AvgIpc) is 2.58. The zero-order valence-corrected chi connectivity index (χ0v) is 12.9. The molecule has 0 atom stereocenters. The summed E-state index contributed by atoms with van der Waals surface area (Å²) < 4.78 is 5.27.